The third-order valence-electron chi connectivity index (χ3n) is 4.04. The van der Waals surface area contributed by atoms with Gasteiger partial charge in [-0.25, -0.2) is 9.78 Å². The van der Waals surface area contributed by atoms with Gasteiger partial charge in [-0.05, 0) is 30.9 Å². The average Bonchev–Trinajstić information content (AvgIpc) is 3.00. The first-order valence-electron chi connectivity index (χ1n) is 7.74. The van der Waals surface area contributed by atoms with Crippen molar-refractivity contribution in [1.29, 1.82) is 0 Å². The lowest BCUT2D eigenvalue weighted by atomic mass is 10.1. The summed E-state index contributed by atoms with van der Waals surface area (Å²) in [6, 6.07) is 3.20. The van der Waals surface area contributed by atoms with E-state index in [-0.39, 0.29) is 11.9 Å². The van der Waals surface area contributed by atoms with Crippen molar-refractivity contribution in [3.05, 3.63) is 23.9 Å². The first-order valence-corrected chi connectivity index (χ1v) is 7.74. The zero-order chi connectivity index (χ0) is 15.4. The number of nitrogens with zero attached hydrogens (tertiary/aromatic N) is 2. The molecule has 118 valence electrons. The van der Waals surface area contributed by atoms with Crippen LogP contribution in [0.3, 0.4) is 0 Å². The molecule has 2 aliphatic heterocycles. The molecule has 2 fully saturated rings. The lowest BCUT2D eigenvalue weighted by Gasteiger charge is -2.27. The van der Waals surface area contributed by atoms with E-state index < -0.39 is 6.04 Å². The third-order valence-corrected chi connectivity index (χ3v) is 4.04. The van der Waals surface area contributed by atoms with Crippen molar-refractivity contribution in [1.82, 2.24) is 20.9 Å². The molecular formula is C15H21N5O2. The zero-order valence-corrected chi connectivity index (χ0v) is 12.5. The molecule has 0 spiro atoms. The van der Waals surface area contributed by atoms with Crippen LogP contribution in [0.2, 0.25) is 0 Å². The number of pyridine rings is 1. The maximum Gasteiger partial charge on any atom is 0.315 e. The van der Waals surface area contributed by atoms with E-state index >= 15 is 0 Å². The number of hydrogen-bond acceptors (Lipinski definition) is 4. The summed E-state index contributed by atoms with van der Waals surface area (Å²) in [5, 5.41) is 7.93. The molecule has 0 aromatic carbocycles. The molecule has 3 amide bonds. The topological polar surface area (TPSA) is 86.4 Å². The highest BCUT2D eigenvalue weighted by Crippen LogP contribution is 2.17. The minimum atomic E-state index is -0.493. The highest BCUT2D eigenvalue weighted by Gasteiger charge is 2.26. The zero-order valence-electron chi connectivity index (χ0n) is 12.5. The van der Waals surface area contributed by atoms with E-state index in [1.807, 2.05) is 12.1 Å². The molecule has 0 unspecified atom stereocenters. The number of piperidine rings is 1. The number of rotatable bonds is 4. The maximum absolute atomic E-state index is 11.9. The molecule has 0 saturated carbocycles. The molecule has 2 aliphatic rings. The second-order valence-corrected chi connectivity index (χ2v) is 5.70. The second-order valence-electron chi connectivity index (χ2n) is 5.70. The van der Waals surface area contributed by atoms with Gasteiger partial charge >= 0.3 is 6.03 Å². The second kappa shape index (κ2) is 6.64. The van der Waals surface area contributed by atoms with E-state index in [2.05, 4.69) is 25.8 Å². The van der Waals surface area contributed by atoms with Crippen molar-refractivity contribution in [2.75, 3.05) is 24.5 Å². The van der Waals surface area contributed by atoms with Gasteiger partial charge in [-0.1, -0.05) is 6.07 Å². The van der Waals surface area contributed by atoms with Gasteiger partial charge in [0.15, 0.2) is 0 Å². The summed E-state index contributed by atoms with van der Waals surface area (Å²) in [4.78, 5) is 29.7. The average molecular weight is 303 g/mol. The fourth-order valence-corrected chi connectivity index (χ4v) is 2.76. The van der Waals surface area contributed by atoms with E-state index in [0.29, 0.717) is 13.1 Å². The molecule has 2 saturated heterocycles. The van der Waals surface area contributed by atoms with Crippen molar-refractivity contribution >= 4 is 17.8 Å². The number of amides is 3. The quantitative estimate of drug-likeness (QED) is 0.750. The Morgan fingerprint density at radius 3 is 2.77 bits per heavy atom. The van der Waals surface area contributed by atoms with E-state index in [4.69, 9.17) is 0 Å². The third kappa shape index (κ3) is 3.47. The van der Waals surface area contributed by atoms with Crippen LogP contribution in [-0.4, -0.2) is 42.6 Å². The van der Waals surface area contributed by atoms with Crippen LogP contribution in [-0.2, 0) is 11.3 Å². The summed E-state index contributed by atoms with van der Waals surface area (Å²) in [6.07, 6.45) is 5.55. The summed E-state index contributed by atoms with van der Waals surface area (Å²) in [5.41, 5.74) is 0.950. The number of urea groups is 1. The van der Waals surface area contributed by atoms with Crippen molar-refractivity contribution in [2.24, 2.45) is 0 Å². The van der Waals surface area contributed by atoms with Crippen LogP contribution >= 0.6 is 0 Å². The summed E-state index contributed by atoms with van der Waals surface area (Å²) in [5.74, 6) is 0.820. The molecule has 7 nitrogen and oxygen atoms in total. The Labute approximate surface area is 129 Å². The molecule has 22 heavy (non-hydrogen) atoms. The Balaban J connectivity index is 1.50. The first kappa shape index (κ1) is 14.6. The molecule has 0 aliphatic carbocycles. The number of aromatic nitrogens is 1. The summed E-state index contributed by atoms with van der Waals surface area (Å²) in [7, 11) is 0. The molecule has 3 rings (SSSR count). The van der Waals surface area contributed by atoms with Gasteiger partial charge in [0.2, 0.25) is 5.91 Å². The van der Waals surface area contributed by atoms with E-state index in [1.54, 1.807) is 6.20 Å². The minimum Gasteiger partial charge on any atom is -0.357 e. The van der Waals surface area contributed by atoms with Gasteiger partial charge in [-0.2, -0.15) is 0 Å². The van der Waals surface area contributed by atoms with Crippen LogP contribution in [0.1, 0.15) is 24.8 Å². The highest BCUT2D eigenvalue weighted by molar-refractivity contribution is 5.90. The van der Waals surface area contributed by atoms with Crippen LogP contribution in [0.15, 0.2) is 18.3 Å². The number of hydrogen-bond donors (Lipinski definition) is 3. The number of carbonyl (C=O) groups is 2. The van der Waals surface area contributed by atoms with E-state index in [1.165, 1.54) is 19.3 Å². The Hall–Kier alpha value is -2.31. The molecule has 7 heteroatoms. The van der Waals surface area contributed by atoms with Crippen LogP contribution < -0.4 is 20.9 Å². The number of carbonyl (C=O) groups excluding carboxylic acids is 2. The van der Waals surface area contributed by atoms with Gasteiger partial charge in [0, 0.05) is 32.4 Å². The largest absolute Gasteiger partial charge is 0.357 e. The predicted octanol–water partition coefficient (Wildman–Crippen LogP) is 0.369. The van der Waals surface area contributed by atoms with Crippen molar-refractivity contribution in [2.45, 2.75) is 31.8 Å². The van der Waals surface area contributed by atoms with Gasteiger partial charge in [0.05, 0.1) is 0 Å². The van der Waals surface area contributed by atoms with Crippen LogP contribution in [0.5, 0.6) is 0 Å². The Morgan fingerprint density at radius 2 is 2.14 bits per heavy atom. The highest BCUT2D eigenvalue weighted by atomic mass is 16.2. The first-order chi connectivity index (χ1) is 10.7. The Morgan fingerprint density at radius 1 is 1.32 bits per heavy atom. The fraction of sp³-hybridized carbons (Fsp3) is 0.533. The lowest BCUT2D eigenvalue weighted by Crippen LogP contribution is -2.42. The molecule has 1 aromatic rings. The van der Waals surface area contributed by atoms with Gasteiger partial charge in [-0.15, -0.1) is 0 Å². The van der Waals surface area contributed by atoms with Crippen molar-refractivity contribution in [3.63, 3.8) is 0 Å². The minimum absolute atomic E-state index is 0.182. The normalized spacial score (nSPS) is 21.2. The van der Waals surface area contributed by atoms with Crippen molar-refractivity contribution in [3.8, 4) is 0 Å². The standard InChI is InChI=1S/C15H21N5O2/c21-14(12-10-18-15(22)19-12)17-9-11-4-5-13(16-8-11)20-6-2-1-3-7-20/h4-5,8,12H,1-3,6-7,9-10H2,(H,17,21)(H2,18,19,22)/t12-/m0/s1. The van der Waals surface area contributed by atoms with Crippen LogP contribution in [0.25, 0.3) is 0 Å². The fourth-order valence-electron chi connectivity index (χ4n) is 2.76. The summed E-state index contributed by atoms with van der Waals surface area (Å²) >= 11 is 0. The van der Waals surface area contributed by atoms with E-state index in [9.17, 15) is 9.59 Å². The van der Waals surface area contributed by atoms with Crippen LogP contribution in [0, 0.1) is 0 Å². The molecule has 3 heterocycles. The Bertz CT molecular complexity index is 539. The van der Waals surface area contributed by atoms with Crippen molar-refractivity contribution < 1.29 is 9.59 Å². The maximum atomic E-state index is 11.9. The molecule has 0 bridgehead atoms. The number of nitrogens with one attached hydrogen (secondary N) is 3. The van der Waals surface area contributed by atoms with Gasteiger partial charge < -0.3 is 20.9 Å². The lowest BCUT2D eigenvalue weighted by molar-refractivity contribution is -0.122. The smallest absolute Gasteiger partial charge is 0.315 e. The number of anilines is 1. The summed E-state index contributed by atoms with van der Waals surface area (Å²) in [6.45, 7) is 2.88. The summed E-state index contributed by atoms with van der Waals surface area (Å²) < 4.78 is 0. The molecular weight excluding hydrogens is 282 g/mol. The molecule has 1 atom stereocenters. The molecule has 1 aromatic heterocycles. The van der Waals surface area contributed by atoms with Gasteiger partial charge in [-0.3, -0.25) is 4.79 Å². The van der Waals surface area contributed by atoms with Crippen LogP contribution in [0.4, 0.5) is 10.6 Å². The SMILES string of the molecule is O=C1NC[C@@H](C(=O)NCc2ccc(N3CCCCC3)nc2)N1. The molecule has 3 N–H and O–H groups in total. The monoisotopic (exact) mass is 303 g/mol. The Kier molecular flexibility index (Phi) is 4.41. The van der Waals surface area contributed by atoms with E-state index in [0.717, 1.165) is 24.5 Å². The van der Waals surface area contributed by atoms with Gasteiger partial charge in [0.1, 0.15) is 11.9 Å². The predicted molar refractivity (Wildman–Crippen MR) is 82.5 cm³/mol. The molecule has 0 radical (unpaired) electrons. The van der Waals surface area contributed by atoms with Gasteiger partial charge in [0.25, 0.3) is 0 Å².